The number of rotatable bonds is 7. The van der Waals surface area contributed by atoms with Gasteiger partial charge < -0.3 is 14.3 Å². The molecule has 1 atom stereocenters. The first-order chi connectivity index (χ1) is 13.8. The summed E-state index contributed by atoms with van der Waals surface area (Å²) < 4.78 is 18.1. The van der Waals surface area contributed by atoms with Crippen LogP contribution in [0.15, 0.2) is 52.9 Å². The third kappa shape index (κ3) is 5.43. The van der Waals surface area contributed by atoms with Gasteiger partial charge in [-0.25, -0.2) is 4.98 Å². The standard InChI is InChI=1S/C20H19N3O5S/c1-13-6-8-15(9-7-13)20-22-18(14(2)28-20)11-29(27)12-19(24)21-16-4-3-5-17(10-16)23(25)26/h3-10H,11-12H2,1-2H3,(H,21,24). The molecule has 0 spiro atoms. The van der Waals surface area contributed by atoms with Crippen LogP contribution in [0.5, 0.6) is 0 Å². The molecular formula is C20H19N3O5S. The zero-order valence-electron chi connectivity index (χ0n) is 15.9. The highest BCUT2D eigenvalue weighted by Gasteiger charge is 2.20. The Balaban J connectivity index is 1.61. The number of nitro groups is 1. The molecular weight excluding hydrogens is 394 g/mol. The van der Waals surface area contributed by atoms with Gasteiger partial charge >= 0.3 is 0 Å². The molecule has 0 bridgehead atoms. The summed E-state index contributed by atoms with van der Waals surface area (Å²) in [6.07, 6.45) is 0. The number of aryl methyl sites for hydroxylation is 2. The number of carbonyl (C=O) groups excluding carboxylic acids is 1. The number of carbonyl (C=O) groups is 1. The molecule has 8 nitrogen and oxygen atoms in total. The fourth-order valence-corrected chi connectivity index (χ4v) is 3.67. The smallest absolute Gasteiger partial charge is 0.274 e. The first-order valence-corrected chi connectivity index (χ1v) is 10.2. The van der Waals surface area contributed by atoms with Crippen molar-refractivity contribution in [2.24, 2.45) is 0 Å². The van der Waals surface area contributed by atoms with Crippen molar-refractivity contribution in [3.05, 3.63) is 75.7 Å². The van der Waals surface area contributed by atoms with Crippen molar-refractivity contribution in [2.75, 3.05) is 11.1 Å². The van der Waals surface area contributed by atoms with Gasteiger partial charge in [-0.1, -0.05) is 23.8 Å². The van der Waals surface area contributed by atoms with E-state index in [1.54, 1.807) is 6.92 Å². The SMILES string of the molecule is Cc1ccc(-c2nc(C[S+]([O-])CC(=O)Nc3cccc([N+](=O)[O-])c3)c(C)o2)cc1. The maximum absolute atomic E-state index is 12.4. The van der Waals surface area contributed by atoms with Crippen molar-refractivity contribution in [3.8, 4) is 11.5 Å². The minimum absolute atomic E-state index is 0.0730. The summed E-state index contributed by atoms with van der Waals surface area (Å²) in [5.41, 5.74) is 2.61. The van der Waals surface area contributed by atoms with Crippen LogP contribution in [-0.4, -0.2) is 26.1 Å². The van der Waals surface area contributed by atoms with Gasteiger partial charge in [0.1, 0.15) is 11.5 Å². The first-order valence-electron chi connectivity index (χ1n) is 8.74. The highest BCUT2D eigenvalue weighted by molar-refractivity contribution is 7.91. The topological polar surface area (TPSA) is 121 Å². The van der Waals surface area contributed by atoms with Gasteiger partial charge in [-0.15, -0.1) is 0 Å². The molecule has 0 radical (unpaired) electrons. The summed E-state index contributed by atoms with van der Waals surface area (Å²) in [5, 5.41) is 13.3. The Kier molecular flexibility index (Phi) is 6.30. The molecule has 2 aromatic carbocycles. The summed E-state index contributed by atoms with van der Waals surface area (Å²) in [7, 11) is 0. The summed E-state index contributed by atoms with van der Waals surface area (Å²) in [4.78, 5) is 26.8. The van der Waals surface area contributed by atoms with Crippen molar-refractivity contribution in [1.29, 1.82) is 0 Å². The highest BCUT2D eigenvalue weighted by Crippen LogP contribution is 2.23. The van der Waals surface area contributed by atoms with Crippen LogP contribution in [-0.2, 0) is 21.7 Å². The van der Waals surface area contributed by atoms with E-state index in [1.165, 1.54) is 24.3 Å². The van der Waals surface area contributed by atoms with E-state index in [2.05, 4.69) is 10.3 Å². The van der Waals surface area contributed by atoms with Gasteiger partial charge in [0.05, 0.1) is 4.92 Å². The lowest BCUT2D eigenvalue weighted by atomic mass is 10.1. The quantitative estimate of drug-likeness (QED) is 0.358. The lowest BCUT2D eigenvalue weighted by Crippen LogP contribution is -2.24. The van der Waals surface area contributed by atoms with Crippen LogP contribution < -0.4 is 5.32 Å². The average molecular weight is 413 g/mol. The van der Waals surface area contributed by atoms with E-state index in [0.29, 0.717) is 17.3 Å². The zero-order valence-corrected chi connectivity index (χ0v) is 16.7. The highest BCUT2D eigenvalue weighted by atomic mass is 32.2. The number of aromatic nitrogens is 1. The maximum atomic E-state index is 12.4. The Labute approximate surface area is 170 Å². The number of nitrogens with one attached hydrogen (secondary N) is 1. The predicted molar refractivity (Wildman–Crippen MR) is 110 cm³/mol. The van der Waals surface area contributed by atoms with Crippen LogP contribution >= 0.6 is 0 Å². The molecule has 3 rings (SSSR count). The molecule has 1 unspecified atom stereocenters. The van der Waals surface area contributed by atoms with Crippen molar-refractivity contribution in [2.45, 2.75) is 19.6 Å². The number of non-ortho nitro benzene ring substituents is 1. The van der Waals surface area contributed by atoms with Crippen molar-refractivity contribution in [1.82, 2.24) is 4.98 Å². The number of nitro benzene ring substituents is 1. The van der Waals surface area contributed by atoms with Crippen LogP contribution in [0.25, 0.3) is 11.5 Å². The number of nitrogens with zero attached hydrogens (tertiary/aromatic N) is 2. The second-order valence-electron chi connectivity index (χ2n) is 6.47. The molecule has 1 amide bonds. The van der Waals surface area contributed by atoms with Crippen LogP contribution in [0.2, 0.25) is 0 Å². The minimum atomic E-state index is -1.51. The fraction of sp³-hybridized carbons (Fsp3) is 0.200. The third-order valence-electron chi connectivity index (χ3n) is 4.12. The van der Waals surface area contributed by atoms with Crippen LogP contribution in [0, 0.1) is 24.0 Å². The van der Waals surface area contributed by atoms with Crippen LogP contribution in [0.4, 0.5) is 11.4 Å². The van der Waals surface area contributed by atoms with Gasteiger partial charge in [0.15, 0.2) is 11.5 Å². The summed E-state index contributed by atoms with van der Waals surface area (Å²) in [6.45, 7) is 3.72. The zero-order chi connectivity index (χ0) is 21.0. The van der Waals surface area contributed by atoms with Gasteiger partial charge in [-0.05, 0) is 43.2 Å². The number of hydrogen-bond donors (Lipinski definition) is 1. The van der Waals surface area contributed by atoms with E-state index >= 15 is 0 Å². The van der Waals surface area contributed by atoms with E-state index in [0.717, 1.165) is 11.1 Å². The molecule has 0 aliphatic carbocycles. The van der Waals surface area contributed by atoms with Crippen molar-refractivity contribution in [3.63, 3.8) is 0 Å². The number of hydrogen-bond acceptors (Lipinski definition) is 6. The van der Waals surface area contributed by atoms with Gasteiger partial charge in [-0.2, -0.15) is 0 Å². The van der Waals surface area contributed by atoms with Gasteiger partial charge in [0, 0.05) is 23.4 Å². The Hall–Kier alpha value is -3.17. The van der Waals surface area contributed by atoms with E-state index < -0.39 is 22.0 Å². The largest absolute Gasteiger partial charge is 0.616 e. The van der Waals surface area contributed by atoms with Crippen LogP contribution in [0.3, 0.4) is 0 Å². The lowest BCUT2D eigenvalue weighted by molar-refractivity contribution is -0.384. The molecule has 3 aromatic rings. The number of benzene rings is 2. The summed E-state index contributed by atoms with van der Waals surface area (Å²) >= 11 is -1.51. The minimum Gasteiger partial charge on any atom is -0.616 e. The molecule has 0 aliphatic heterocycles. The molecule has 1 heterocycles. The number of anilines is 1. The molecule has 0 aliphatic rings. The van der Waals surface area contributed by atoms with E-state index in [-0.39, 0.29) is 22.9 Å². The van der Waals surface area contributed by atoms with Gasteiger partial charge in [-0.3, -0.25) is 14.9 Å². The molecule has 29 heavy (non-hydrogen) atoms. The number of oxazole rings is 1. The Bertz CT molecular complexity index is 1030. The van der Waals surface area contributed by atoms with Crippen molar-refractivity contribution < 1.29 is 18.7 Å². The molecule has 0 saturated carbocycles. The third-order valence-corrected chi connectivity index (χ3v) is 5.30. The van der Waals surface area contributed by atoms with Gasteiger partial charge in [0.25, 0.3) is 11.6 Å². The maximum Gasteiger partial charge on any atom is 0.274 e. The van der Waals surface area contributed by atoms with E-state index in [1.807, 2.05) is 31.2 Å². The molecule has 1 aromatic heterocycles. The molecule has 9 heteroatoms. The summed E-state index contributed by atoms with van der Waals surface area (Å²) in [5.74, 6) is 0.311. The average Bonchev–Trinajstić information content (AvgIpc) is 3.02. The second-order valence-corrected chi connectivity index (χ2v) is 7.93. The Morgan fingerprint density at radius 1 is 1.21 bits per heavy atom. The first kappa shape index (κ1) is 20.6. The number of amides is 1. The molecule has 0 fully saturated rings. The normalized spacial score (nSPS) is 11.8. The molecule has 150 valence electrons. The Morgan fingerprint density at radius 2 is 1.93 bits per heavy atom. The predicted octanol–water partition coefficient (Wildman–Crippen LogP) is 3.75. The van der Waals surface area contributed by atoms with E-state index in [4.69, 9.17) is 4.42 Å². The molecule has 1 N–H and O–H groups in total. The lowest BCUT2D eigenvalue weighted by Gasteiger charge is -2.10. The molecule has 0 saturated heterocycles. The fourth-order valence-electron chi connectivity index (χ4n) is 2.63. The Morgan fingerprint density at radius 3 is 2.62 bits per heavy atom. The van der Waals surface area contributed by atoms with E-state index in [9.17, 15) is 19.5 Å². The van der Waals surface area contributed by atoms with Crippen molar-refractivity contribution >= 4 is 28.5 Å². The van der Waals surface area contributed by atoms with Gasteiger partial charge in [0.2, 0.25) is 5.89 Å². The van der Waals surface area contributed by atoms with Crippen LogP contribution in [0.1, 0.15) is 17.0 Å². The monoisotopic (exact) mass is 413 g/mol. The summed E-state index contributed by atoms with van der Waals surface area (Å²) in [6, 6.07) is 13.3. The second kappa shape index (κ2) is 8.89.